The van der Waals surface area contributed by atoms with Crippen LogP contribution in [0.25, 0.3) is 0 Å². The van der Waals surface area contributed by atoms with Crippen molar-refractivity contribution in [2.24, 2.45) is 0 Å². The smallest absolute Gasteiger partial charge is 0.258 e. The Kier molecular flexibility index (Phi) is 5.02. The van der Waals surface area contributed by atoms with Crippen molar-refractivity contribution in [2.75, 3.05) is 5.32 Å². The summed E-state index contributed by atoms with van der Waals surface area (Å²) < 4.78 is 0.971. The number of aryl methyl sites for hydroxylation is 1. The van der Waals surface area contributed by atoms with Gasteiger partial charge in [-0.25, -0.2) is 4.98 Å². The maximum Gasteiger partial charge on any atom is 0.258 e. The summed E-state index contributed by atoms with van der Waals surface area (Å²) >= 11 is 15.0. The largest absolute Gasteiger partial charge is 0.322 e. The first kappa shape index (κ1) is 15.3. The number of hydrogen-bond acceptors (Lipinski definition) is 2. The number of rotatable bonds is 3. The minimum atomic E-state index is -0.309. The molecule has 0 fully saturated rings. The Balaban J connectivity index is 2.28. The van der Waals surface area contributed by atoms with Crippen LogP contribution >= 0.6 is 39.1 Å². The van der Waals surface area contributed by atoms with Crippen LogP contribution in [0.2, 0.25) is 10.3 Å². The molecule has 0 atom stereocenters. The highest BCUT2D eigenvalue weighted by Crippen LogP contribution is 2.23. The summed E-state index contributed by atoms with van der Waals surface area (Å²) in [6.45, 7) is 2.02. The molecule has 1 aromatic carbocycles. The van der Waals surface area contributed by atoms with Crippen LogP contribution in [0.4, 0.5) is 5.69 Å². The van der Waals surface area contributed by atoms with Gasteiger partial charge in [-0.15, -0.1) is 0 Å². The Morgan fingerprint density at radius 1 is 1.30 bits per heavy atom. The van der Waals surface area contributed by atoms with E-state index in [0.29, 0.717) is 5.56 Å². The van der Waals surface area contributed by atoms with Gasteiger partial charge >= 0.3 is 0 Å². The number of pyridine rings is 1. The van der Waals surface area contributed by atoms with Crippen LogP contribution < -0.4 is 5.32 Å². The van der Waals surface area contributed by atoms with E-state index in [1.165, 1.54) is 6.07 Å². The van der Waals surface area contributed by atoms with E-state index in [1.807, 2.05) is 25.1 Å². The zero-order valence-electron chi connectivity index (χ0n) is 10.6. The van der Waals surface area contributed by atoms with E-state index in [9.17, 15) is 4.79 Å². The van der Waals surface area contributed by atoms with E-state index >= 15 is 0 Å². The second kappa shape index (κ2) is 6.57. The molecule has 0 unspecified atom stereocenters. The molecule has 0 saturated heterocycles. The average molecular weight is 374 g/mol. The van der Waals surface area contributed by atoms with E-state index < -0.39 is 0 Å². The van der Waals surface area contributed by atoms with E-state index in [4.69, 9.17) is 23.2 Å². The van der Waals surface area contributed by atoms with Gasteiger partial charge in [-0.1, -0.05) is 46.1 Å². The number of nitrogens with zero attached hydrogens (tertiary/aromatic N) is 1. The standard InChI is InChI=1S/C14H11BrCl2N2O/c1-2-8-7-9(15)3-5-11(8)18-14(20)10-4-6-12(16)19-13(10)17/h3-7H,2H2,1H3,(H,18,20). The summed E-state index contributed by atoms with van der Waals surface area (Å²) in [6.07, 6.45) is 0.807. The molecule has 2 rings (SSSR count). The molecule has 104 valence electrons. The average Bonchev–Trinajstić information content (AvgIpc) is 2.40. The molecule has 0 aliphatic heterocycles. The highest BCUT2D eigenvalue weighted by Gasteiger charge is 2.13. The monoisotopic (exact) mass is 372 g/mol. The number of aromatic nitrogens is 1. The van der Waals surface area contributed by atoms with Gasteiger partial charge in [0.25, 0.3) is 5.91 Å². The third-order valence-corrected chi connectivity index (χ3v) is 3.75. The normalized spacial score (nSPS) is 10.4. The first-order valence-corrected chi connectivity index (χ1v) is 7.48. The summed E-state index contributed by atoms with van der Waals surface area (Å²) in [6, 6.07) is 8.77. The van der Waals surface area contributed by atoms with Gasteiger partial charge in [-0.05, 0) is 42.3 Å². The number of amides is 1. The molecule has 1 heterocycles. The Morgan fingerprint density at radius 3 is 2.70 bits per heavy atom. The van der Waals surface area contributed by atoms with Crippen molar-refractivity contribution in [1.29, 1.82) is 0 Å². The molecule has 0 bridgehead atoms. The highest BCUT2D eigenvalue weighted by molar-refractivity contribution is 9.10. The Labute approximate surface area is 135 Å². The number of carbonyl (C=O) groups is 1. The molecule has 0 saturated carbocycles. The van der Waals surface area contributed by atoms with Gasteiger partial charge in [0, 0.05) is 10.2 Å². The first-order chi connectivity index (χ1) is 9.51. The molecule has 0 aliphatic carbocycles. The second-order valence-corrected chi connectivity index (χ2v) is 5.74. The molecule has 20 heavy (non-hydrogen) atoms. The second-order valence-electron chi connectivity index (χ2n) is 4.08. The van der Waals surface area contributed by atoms with Crippen LogP contribution in [0.3, 0.4) is 0 Å². The first-order valence-electron chi connectivity index (χ1n) is 5.93. The summed E-state index contributed by atoms with van der Waals surface area (Å²) in [4.78, 5) is 16.1. The fraction of sp³-hybridized carbons (Fsp3) is 0.143. The molecule has 0 spiro atoms. The van der Waals surface area contributed by atoms with Crippen molar-refractivity contribution >= 4 is 50.7 Å². The van der Waals surface area contributed by atoms with Crippen LogP contribution in [0.5, 0.6) is 0 Å². The third kappa shape index (κ3) is 3.51. The quantitative estimate of drug-likeness (QED) is 0.772. The predicted octanol–water partition coefficient (Wildman–Crippen LogP) is 4.97. The van der Waals surface area contributed by atoms with E-state index in [1.54, 1.807) is 6.07 Å². The van der Waals surface area contributed by atoms with Crippen molar-refractivity contribution < 1.29 is 4.79 Å². The number of benzene rings is 1. The molecular weight excluding hydrogens is 363 g/mol. The van der Waals surface area contributed by atoms with Crippen molar-refractivity contribution in [1.82, 2.24) is 4.98 Å². The number of halogens is 3. The fourth-order valence-corrected chi connectivity index (χ4v) is 2.59. The number of carbonyl (C=O) groups excluding carboxylic acids is 1. The van der Waals surface area contributed by atoms with Crippen LogP contribution in [0, 0.1) is 0 Å². The van der Waals surface area contributed by atoms with Gasteiger partial charge in [0.05, 0.1) is 5.56 Å². The number of nitrogens with one attached hydrogen (secondary N) is 1. The summed E-state index contributed by atoms with van der Waals surface area (Å²) in [5.74, 6) is -0.309. The maximum atomic E-state index is 12.2. The van der Waals surface area contributed by atoms with Gasteiger partial charge in [-0.3, -0.25) is 4.79 Å². The van der Waals surface area contributed by atoms with Crippen LogP contribution in [0.15, 0.2) is 34.8 Å². The van der Waals surface area contributed by atoms with Crippen LogP contribution in [0.1, 0.15) is 22.8 Å². The summed E-state index contributed by atoms with van der Waals surface area (Å²) in [5.41, 5.74) is 2.08. The lowest BCUT2D eigenvalue weighted by Gasteiger charge is -2.11. The number of anilines is 1. The number of hydrogen-bond donors (Lipinski definition) is 1. The molecule has 0 aliphatic rings. The van der Waals surface area contributed by atoms with E-state index in [2.05, 4.69) is 26.2 Å². The van der Waals surface area contributed by atoms with Gasteiger partial charge in [0.15, 0.2) is 0 Å². The molecule has 6 heteroatoms. The maximum absolute atomic E-state index is 12.2. The predicted molar refractivity (Wildman–Crippen MR) is 85.7 cm³/mol. The lowest BCUT2D eigenvalue weighted by Crippen LogP contribution is -2.14. The van der Waals surface area contributed by atoms with Crippen LogP contribution in [-0.4, -0.2) is 10.9 Å². The fourth-order valence-electron chi connectivity index (χ4n) is 1.75. The zero-order chi connectivity index (χ0) is 14.7. The Morgan fingerprint density at radius 2 is 2.05 bits per heavy atom. The molecular formula is C14H11BrCl2N2O. The molecule has 3 nitrogen and oxygen atoms in total. The SMILES string of the molecule is CCc1cc(Br)ccc1NC(=O)c1ccc(Cl)nc1Cl. The highest BCUT2D eigenvalue weighted by atomic mass is 79.9. The van der Waals surface area contributed by atoms with Gasteiger partial charge < -0.3 is 5.32 Å². The summed E-state index contributed by atoms with van der Waals surface area (Å²) in [5, 5.41) is 3.18. The third-order valence-electron chi connectivity index (χ3n) is 2.76. The Bertz CT molecular complexity index is 662. The van der Waals surface area contributed by atoms with Crippen molar-refractivity contribution in [3.8, 4) is 0 Å². The molecule has 2 aromatic rings. The van der Waals surface area contributed by atoms with Crippen molar-refractivity contribution in [3.05, 3.63) is 56.2 Å². The van der Waals surface area contributed by atoms with E-state index in [-0.39, 0.29) is 16.2 Å². The molecule has 0 radical (unpaired) electrons. The topological polar surface area (TPSA) is 42.0 Å². The van der Waals surface area contributed by atoms with Crippen molar-refractivity contribution in [2.45, 2.75) is 13.3 Å². The molecule has 1 amide bonds. The summed E-state index contributed by atoms with van der Waals surface area (Å²) in [7, 11) is 0. The van der Waals surface area contributed by atoms with E-state index in [0.717, 1.165) is 22.1 Å². The minimum Gasteiger partial charge on any atom is -0.322 e. The lowest BCUT2D eigenvalue weighted by molar-refractivity contribution is 0.102. The zero-order valence-corrected chi connectivity index (χ0v) is 13.7. The van der Waals surface area contributed by atoms with Gasteiger partial charge in [-0.2, -0.15) is 0 Å². The van der Waals surface area contributed by atoms with Crippen LogP contribution in [-0.2, 0) is 6.42 Å². The van der Waals surface area contributed by atoms with Gasteiger partial charge in [0.1, 0.15) is 10.3 Å². The van der Waals surface area contributed by atoms with Crippen molar-refractivity contribution in [3.63, 3.8) is 0 Å². The molecule has 1 aromatic heterocycles. The lowest BCUT2D eigenvalue weighted by atomic mass is 10.1. The van der Waals surface area contributed by atoms with Gasteiger partial charge in [0.2, 0.25) is 0 Å². The Hall–Kier alpha value is -1.10. The molecule has 1 N–H and O–H groups in total. The minimum absolute atomic E-state index is 0.0881.